The number of rotatable bonds is 4. The minimum Gasteiger partial charge on any atom is -0.466 e. The van der Waals surface area contributed by atoms with Gasteiger partial charge in [-0.05, 0) is 5.56 Å². The molecule has 0 amide bonds. The maximum atomic E-state index is 11.5. The molecule has 92 valence electrons. The van der Waals surface area contributed by atoms with Crippen LogP contribution in [0.1, 0.15) is 17.9 Å². The molecule has 0 saturated heterocycles. The normalized spacial score (nSPS) is 13.6. The highest BCUT2D eigenvalue weighted by Gasteiger charge is 2.31. The van der Waals surface area contributed by atoms with Crippen molar-refractivity contribution in [2.75, 3.05) is 7.11 Å². The zero-order valence-electron chi connectivity index (χ0n) is 9.55. The minimum atomic E-state index is -1.14. The molecule has 2 atom stereocenters. The van der Waals surface area contributed by atoms with Crippen LogP contribution in [-0.4, -0.2) is 25.2 Å². The third kappa shape index (κ3) is 3.75. The zero-order chi connectivity index (χ0) is 12.8. The molecule has 0 radical (unpaired) electrons. The SMILES string of the molecule is COC(=O)[C@@H](OC(C)=O)[C@@H](Cl)c1ccccc1. The van der Waals surface area contributed by atoms with E-state index in [1.807, 2.05) is 6.07 Å². The molecule has 0 N–H and O–H groups in total. The molecule has 0 aliphatic heterocycles. The average molecular weight is 257 g/mol. The summed E-state index contributed by atoms with van der Waals surface area (Å²) >= 11 is 6.11. The van der Waals surface area contributed by atoms with Crippen LogP contribution in [0.3, 0.4) is 0 Å². The van der Waals surface area contributed by atoms with E-state index in [1.54, 1.807) is 24.3 Å². The topological polar surface area (TPSA) is 52.6 Å². The quantitative estimate of drug-likeness (QED) is 0.611. The van der Waals surface area contributed by atoms with Crippen molar-refractivity contribution in [1.82, 2.24) is 0 Å². The number of halogens is 1. The number of hydrogen-bond donors (Lipinski definition) is 0. The van der Waals surface area contributed by atoms with Crippen LogP contribution in [0.2, 0.25) is 0 Å². The lowest BCUT2D eigenvalue weighted by atomic mass is 10.1. The van der Waals surface area contributed by atoms with Crippen molar-refractivity contribution >= 4 is 23.5 Å². The molecule has 5 heteroatoms. The highest BCUT2D eigenvalue weighted by molar-refractivity contribution is 6.22. The Morgan fingerprint density at radius 2 is 1.82 bits per heavy atom. The van der Waals surface area contributed by atoms with Gasteiger partial charge in [0.15, 0.2) is 0 Å². The fourth-order valence-corrected chi connectivity index (χ4v) is 1.63. The fourth-order valence-electron chi connectivity index (χ4n) is 1.33. The van der Waals surface area contributed by atoms with Crippen molar-refractivity contribution in [1.29, 1.82) is 0 Å². The number of carbonyl (C=O) groups is 2. The van der Waals surface area contributed by atoms with Gasteiger partial charge < -0.3 is 9.47 Å². The Hall–Kier alpha value is -1.55. The Morgan fingerprint density at radius 1 is 1.24 bits per heavy atom. The molecule has 4 nitrogen and oxygen atoms in total. The van der Waals surface area contributed by atoms with Crippen LogP contribution in [0.25, 0.3) is 0 Å². The Bertz CT molecular complexity index is 391. The first-order valence-electron chi connectivity index (χ1n) is 5.00. The van der Waals surface area contributed by atoms with E-state index in [9.17, 15) is 9.59 Å². The van der Waals surface area contributed by atoms with E-state index in [0.717, 1.165) is 0 Å². The van der Waals surface area contributed by atoms with Gasteiger partial charge in [0.1, 0.15) is 5.38 Å². The maximum absolute atomic E-state index is 11.5. The van der Waals surface area contributed by atoms with Crippen molar-refractivity contribution in [3.05, 3.63) is 35.9 Å². The Labute approximate surface area is 104 Å². The van der Waals surface area contributed by atoms with Crippen LogP contribution in [-0.2, 0) is 19.1 Å². The Morgan fingerprint density at radius 3 is 2.29 bits per heavy atom. The lowest BCUT2D eigenvalue weighted by Gasteiger charge is -2.19. The average Bonchev–Trinajstić information content (AvgIpc) is 2.35. The number of benzene rings is 1. The molecule has 0 unspecified atom stereocenters. The molecule has 0 aliphatic rings. The van der Waals surface area contributed by atoms with Crippen LogP contribution in [0.4, 0.5) is 0 Å². The number of methoxy groups -OCH3 is 1. The highest BCUT2D eigenvalue weighted by Crippen LogP contribution is 2.27. The van der Waals surface area contributed by atoms with Crippen molar-refractivity contribution in [3.8, 4) is 0 Å². The molecule has 0 saturated carbocycles. The van der Waals surface area contributed by atoms with Crippen LogP contribution in [0, 0.1) is 0 Å². The summed E-state index contributed by atoms with van der Waals surface area (Å²) < 4.78 is 9.43. The molecule has 1 aromatic carbocycles. The summed E-state index contributed by atoms with van der Waals surface area (Å²) in [4.78, 5) is 22.4. The first-order chi connectivity index (χ1) is 8.06. The van der Waals surface area contributed by atoms with E-state index < -0.39 is 23.4 Å². The molecular formula is C12H13ClO4. The van der Waals surface area contributed by atoms with Gasteiger partial charge in [0.25, 0.3) is 0 Å². The van der Waals surface area contributed by atoms with Crippen LogP contribution in [0.15, 0.2) is 30.3 Å². The van der Waals surface area contributed by atoms with Gasteiger partial charge >= 0.3 is 11.9 Å². The number of esters is 2. The van der Waals surface area contributed by atoms with Crippen molar-refractivity contribution in [2.24, 2.45) is 0 Å². The van der Waals surface area contributed by atoms with Gasteiger partial charge in [-0.25, -0.2) is 4.79 Å². The Kier molecular flexibility index (Phi) is 4.97. The van der Waals surface area contributed by atoms with Crippen LogP contribution in [0.5, 0.6) is 0 Å². The predicted molar refractivity (Wildman–Crippen MR) is 62.6 cm³/mol. The zero-order valence-corrected chi connectivity index (χ0v) is 10.3. The van der Waals surface area contributed by atoms with E-state index in [0.29, 0.717) is 5.56 Å². The highest BCUT2D eigenvalue weighted by atomic mass is 35.5. The molecular weight excluding hydrogens is 244 g/mol. The second kappa shape index (κ2) is 6.25. The van der Waals surface area contributed by atoms with E-state index in [4.69, 9.17) is 16.3 Å². The summed E-state index contributed by atoms with van der Waals surface area (Å²) in [6, 6.07) is 8.89. The summed E-state index contributed by atoms with van der Waals surface area (Å²) in [7, 11) is 1.22. The summed E-state index contributed by atoms with van der Waals surface area (Å²) in [6.45, 7) is 1.21. The van der Waals surface area contributed by atoms with Gasteiger partial charge in [-0.1, -0.05) is 30.3 Å². The van der Waals surface area contributed by atoms with Gasteiger partial charge in [0, 0.05) is 6.92 Å². The molecule has 0 bridgehead atoms. The van der Waals surface area contributed by atoms with E-state index >= 15 is 0 Å². The summed E-state index contributed by atoms with van der Waals surface area (Å²) in [6.07, 6.45) is -1.14. The van der Waals surface area contributed by atoms with Crippen LogP contribution >= 0.6 is 11.6 Å². The van der Waals surface area contributed by atoms with Gasteiger partial charge in [0.05, 0.1) is 7.11 Å². The standard InChI is InChI=1S/C12H13ClO4/c1-8(14)17-11(12(15)16-2)10(13)9-6-4-3-5-7-9/h3-7,10-11H,1-2H3/t10-,11-/m0/s1. The molecule has 0 aliphatic carbocycles. The number of alkyl halides is 1. The van der Waals surface area contributed by atoms with Gasteiger partial charge in [-0.3, -0.25) is 4.79 Å². The predicted octanol–water partition coefficient (Wildman–Crippen LogP) is 2.07. The van der Waals surface area contributed by atoms with Gasteiger partial charge in [-0.2, -0.15) is 0 Å². The molecule has 0 aromatic heterocycles. The van der Waals surface area contributed by atoms with E-state index in [-0.39, 0.29) is 0 Å². The monoisotopic (exact) mass is 256 g/mol. The fraction of sp³-hybridized carbons (Fsp3) is 0.333. The van der Waals surface area contributed by atoms with Gasteiger partial charge in [0.2, 0.25) is 6.10 Å². The maximum Gasteiger partial charge on any atom is 0.349 e. The second-order valence-corrected chi connectivity index (χ2v) is 3.84. The lowest BCUT2D eigenvalue weighted by Crippen LogP contribution is -2.31. The lowest BCUT2D eigenvalue weighted by molar-refractivity contribution is -0.164. The first kappa shape index (κ1) is 13.5. The van der Waals surface area contributed by atoms with Crippen molar-refractivity contribution in [3.63, 3.8) is 0 Å². The van der Waals surface area contributed by atoms with Gasteiger partial charge in [-0.15, -0.1) is 11.6 Å². The molecule has 17 heavy (non-hydrogen) atoms. The number of hydrogen-bond acceptors (Lipinski definition) is 4. The molecule has 0 fully saturated rings. The third-order valence-corrected chi connectivity index (χ3v) is 2.59. The molecule has 1 aromatic rings. The van der Waals surface area contributed by atoms with Crippen molar-refractivity contribution < 1.29 is 19.1 Å². The molecule has 0 heterocycles. The van der Waals surface area contributed by atoms with Crippen LogP contribution < -0.4 is 0 Å². The Balaban J connectivity index is 2.90. The third-order valence-electron chi connectivity index (χ3n) is 2.11. The summed E-state index contributed by atoms with van der Waals surface area (Å²) in [5, 5.41) is -0.771. The smallest absolute Gasteiger partial charge is 0.349 e. The summed E-state index contributed by atoms with van der Waals surface area (Å²) in [5.74, 6) is -1.26. The van der Waals surface area contributed by atoms with E-state index in [2.05, 4.69) is 4.74 Å². The summed E-state index contributed by atoms with van der Waals surface area (Å²) in [5.41, 5.74) is 0.686. The van der Waals surface area contributed by atoms with Crippen molar-refractivity contribution in [2.45, 2.75) is 18.4 Å². The second-order valence-electron chi connectivity index (χ2n) is 3.37. The molecule has 0 spiro atoms. The first-order valence-corrected chi connectivity index (χ1v) is 5.44. The largest absolute Gasteiger partial charge is 0.466 e. The minimum absolute atomic E-state index is 0.581. The van der Waals surface area contributed by atoms with E-state index in [1.165, 1.54) is 14.0 Å². The number of ether oxygens (including phenoxy) is 2. The molecule has 1 rings (SSSR count). The number of carbonyl (C=O) groups excluding carboxylic acids is 2.